The van der Waals surface area contributed by atoms with Gasteiger partial charge in [-0.25, -0.2) is 9.59 Å². The molecule has 0 aliphatic carbocycles. The summed E-state index contributed by atoms with van der Waals surface area (Å²) in [6.07, 6.45) is 1.48. The highest BCUT2D eigenvalue weighted by atomic mass is 16.6. The lowest BCUT2D eigenvalue weighted by Crippen LogP contribution is -2.48. The highest BCUT2D eigenvalue weighted by Gasteiger charge is 2.51. The molecule has 2 aliphatic rings. The molecule has 0 spiro atoms. The van der Waals surface area contributed by atoms with Crippen LogP contribution in [0.2, 0.25) is 0 Å². The molecule has 1 N–H and O–H groups in total. The molecule has 0 bridgehead atoms. The van der Waals surface area contributed by atoms with Crippen LogP contribution in [0.3, 0.4) is 0 Å². The quantitative estimate of drug-likeness (QED) is 0.783. The van der Waals surface area contributed by atoms with E-state index in [0.29, 0.717) is 25.5 Å². The van der Waals surface area contributed by atoms with E-state index in [1.54, 1.807) is 20.8 Å². The van der Waals surface area contributed by atoms with Crippen LogP contribution >= 0.6 is 0 Å². The second kappa shape index (κ2) is 7.70. The topological polar surface area (TPSA) is 85.3 Å². The number of esters is 1. The number of methoxy groups -OCH3 is 1. The Morgan fingerprint density at radius 1 is 1.33 bits per heavy atom. The number of hydrogen-bond acceptors (Lipinski definition) is 6. The number of aliphatic hydroxyl groups is 1. The van der Waals surface area contributed by atoms with Gasteiger partial charge in [0.25, 0.3) is 0 Å². The van der Waals surface area contributed by atoms with Crippen LogP contribution in [0.4, 0.5) is 4.79 Å². The van der Waals surface area contributed by atoms with E-state index in [1.807, 2.05) is 0 Å². The number of aliphatic hydroxyl groups excluding tert-OH is 1. The lowest BCUT2D eigenvalue weighted by Gasteiger charge is -2.28. The minimum Gasteiger partial charge on any atom is -0.467 e. The first-order valence-corrected chi connectivity index (χ1v) is 8.56. The van der Waals surface area contributed by atoms with Crippen LogP contribution in [0.25, 0.3) is 0 Å². The summed E-state index contributed by atoms with van der Waals surface area (Å²) in [5.74, 6) is -0.100. The number of hydrogen-bond donors (Lipinski definition) is 1. The van der Waals surface area contributed by atoms with E-state index in [2.05, 4.69) is 0 Å². The molecule has 0 aromatic carbocycles. The first-order valence-electron chi connectivity index (χ1n) is 8.56. The zero-order valence-corrected chi connectivity index (χ0v) is 15.0. The smallest absolute Gasteiger partial charge is 0.411 e. The van der Waals surface area contributed by atoms with Gasteiger partial charge in [0.1, 0.15) is 5.60 Å². The van der Waals surface area contributed by atoms with Gasteiger partial charge in [0.15, 0.2) is 6.04 Å². The Balaban J connectivity index is 2.19. The highest BCUT2D eigenvalue weighted by Crippen LogP contribution is 2.37. The predicted molar refractivity (Wildman–Crippen MR) is 86.4 cm³/mol. The van der Waals surface area contributed by atoms with Gasteiger partial charge in [0.2, 0.25) is 0 Å². The molecule has 0 unspecified atom stereocenters. The third-order valence-electron chi connectivity index (χ3n) is 4.62. The largest absolute Gasteiger partial charge is 0.467 e. The van der Waals surface area contributed by atoms with E-state index < -0.39 is 23.7 Å². The summed E-state index contributed by atoms with van der Waals surface area (Å²) in [6, 6.07) is -0.775. The molecule has 2 rings (SSSR count). The fourth-order valence-electron chi connectivity index (χ4n) is 3.59. The van der Waals surface area contributed by atoms with E-state index in [9.17, 15) is 14.7 Å². The third kappa shape index (κ3) is 4.39. The second-order valence-electron chi connectivity index (χ2n) is 7.60. The van der Waals surface area contributed by atoms with E-state index >= 15 is 0 Å². The van der Waals surface area contributed by atoms with Gasteiger partial charge in [-0.2, -0.15) is 0 Å². The van der Waals surface area contributed by atoms with Crippen LogP contribution < -0.4 is 0 Å². The number of nitrogens with zero attached hydrogens (tertiary/aromatic N) is 1. The van der Waals surface area contributed by atoms with Crippen LogP contribution in [-0.2, 0) is 19.0 Å². The maximum atomic E-state index is 12.5. The van der Waals surface area contributed by atoms with Crippen molar-refractivity contribution in [2.24, 2.45) is 11.8 Å². The molecular formula is C17H29NO6. The second-order valence-corrected chi connectivity index (χ2v) is 7.60. The van der Waals surface area contributed by atoms with E-state index in [1.165, 1.54) is 12.0 Å². The van der Waals surface area contributed by atoms with Gasteiger partial charge >= 0.3 is 12.1 Å². The maximum absolute atomic E-state index is 12.5. The van der Waals surface area contributed by atoms with Crippen LogP contribution in [0, 0.1) is 11.8 Å². The number of rotatable bonds is 3. The van der Waals surface area contributed by atoms with Crippen LogP contribution in [0.15, 0.2) is 0 Å². The van der Waals surface area contributed by atoms with E-state index in [-0.39, 0.29) is 18.6 Å². The van der Waals surface area contributed by atoms with Crippen molar-refractivity contribution < 1.29 is 28.9 Å². The predicted octanol–water partition coefficient (Wildman–Crippen LogP) is 1.57. The fourth-order valence-corrected chi connectivity index (χ4v) is 3.59. The molecular weight excluding hydrogens is 314 g/mol. The van der Waals surface area contributed by atoms with Crippen LogP contribution in [0.5, 0.6) is 0 Å². The van der Waals surface area contributed by atoms with Crippen molar-refractivity contribution in [3.05, 3.63) is 0 Å². The number of carbonyl (C=O) groups is 2. The molecule has 4 atom stereocenters. The van der Waals surface area contributed by atoms with Gasteiger partial charge in [-0.15, -0.1) is 0 Å². The van der Waals surface area contributed by atoms with Crippen LogP contribution in [0.1, 0.15) is 40.0 Å². The Hall–Kier alpha value is -1.34. The Morgan fingerprint density at radius 3 is 2.62 bits per heavy atom. The van der Waals surface area contributed by atoms with Gasteiger partial charge in [-0.3, -0.25) is 4.90 Å². The molecule has 7 heteroatoms. The molecule has 2 aliphatic heterocycles. The van der Waals surface area contributed by atoms with Crippen molar-refractivity contribution in [2.75, 3.05) is 26.9 Å². The minimum absolute atomic E-state index is 0.0423. The molecule has 2 heterocycles. The van der Waals surface area contributed by atoms with Gasteiger partial charge in [0, 0.05) is 25.7 Å². The van der Waals surface area contributed by atoms with Gasteiger partial charge in [0.05, 0.1) is 13.2 Å². The highest BCUT2D eigenvalue weighted by molar-refractivity contribution is 5.83. The first-order chi connectivity index (χ1) is 11.3. The van der Waals surface area contributed by atoms with Crippen molar-refractivity contribution in [1.82, 2.24) is 4.90 Å². The molecule has 24 heavy (non-hydrogen) atoms. The molecule has 0 aromatic heterocycles. The van der Waals surface area contributed by atoms with Crippen molar-refractivity contribution in [2.45, 2.75) is 57.8 Å². The SMILES string of the molecule is COC(=O)[C@@H]1[C@@H]2OCC[C@@H](CCO)C[C@H]2CN1C(=O)OC(C)(C)C. The molecule has 2 saturated heterocycles. The van der Waals surface area contributed by atoms with Crippen LogP contribution in [-0.4, -0.2) is 66.7 Å². The number of ether oxygens (including phenoxy) is 3. The zero-order chi connectivity index (χ0) is 17.9. The Morgan fingerprint density at radius 2 is 2.04 bits per heavy atom. The first kappa shape index (κ1) is 19.0. The molecule has 0 saturated carbocycles. The summed E-state index contributed by atoms with van der Waals surface area (Å²) in [6.45, 7) is 6.43. The summed E-state index contributed by atoms with van der Waals surface area (Å²) in [7, 11) is 1.31. The van der Waals surface area contributed by atoms with Crippen molar-refractivity contribution >= 4 is 12.1 Å². The standard InChI is InChI=1S/C17H29NO6/c1-17(2,3)24-16(21)18-10-12-9-11(5-7-19)6-8-23-14(12)13(18)15(20)22-4/h11-14,19H,5-10H2,1-4H3/t11-,12+,13+,14-/m1/s1. The maximum Gasteiger partial charge on any atom is 0.411 e. The number of fused-ring (bicyclic) bond motifs is 1. The van der Waals surface area contributed by atoms with Crippen molar-refractivity contribution in [1.29, 1.82) is 0 Å². The van der Waals surface area contributed by atoms with E-state index in [4.69, 9.17) is 14.2 Å². The summed E-state index contributed by atoms with van der Waals surface area (Å²) in [5, 5.41) is 9.20. The van der Waals surface area contributed by atoms with Gasteiger partial charge in [-0.05, 0) is 46.0 Å². The molecule has 1 amide bonds. The Labute approximate surface area is 143 Å². The average molecular weight is 343 g/mol. The normalized spacial score (nSPS) is 30.5. The fraction of sp³-hybridized carbons (Fsp3) is 0.882. The Bertz CT molecular complexity index is 460. The zero-order valence-electron chi connectivity index (χ0n) is 15.0. The molecule has 0 aromatic rings. The number of carbonyl (C=O) groups excluding carboxylic acids is 2. The minimum atomic E-state index is -0.775. The molecule has 2 fully saturated rings. The molecule has 7 nitrogen and oxygen atoms in total. The molecule has 138 valence electrons. The van der Waals surface area contributed by atoms with Gasteiger partial charge in [-0.1, -0.05) is 0 Å². The summed E-state index contributed by atoms with van der Waals surface area (Å²) in [4.78, 5) is 26.2. The summed E-state index contributed by atoms with van der Waals surface area (Å²) < 4.78 is 16.3. The lowest BCUT2D eigenvalue weighted by atomic mass is 9.88. The van der Waals surface area contributed by atoms with Gasteiger partial charge < -0.3 is 19.3 Å². The summed E-state index contributed by atoms with van der Waals surface area (Å²) >= 11 is 0. The van der Waals surface area contributed by atoms with Crippen molar-refractivity contribution in [3.63, 3.8) is 0 Å². The monoisotopic (exact) mass is 343 g/mol. The third-order valence-corrected chi connectivity index (χ3v) is 4.62. The Kier molecular flexibility index (Phi) is 6.09. The summed E-state index contributed by atoms with van der Waals surface area (Å²) in [5.41, 5.74) is -0.636. The lowest BCUT2D eigenvalue weighted by molar-refractivity contribution is -0.150. The number of likely N-dealkylation sites (tertiary alicyclic amines) is 1. The molecule has 0 radical (unpaired) electrons. The number of amides is 1. The van der Waals surface area contributed by atoms with E-state index in [0.717, 1.165) is 12.8 Å². The van der Waals surface area contributed by atoms with Crippen molar-refractivity contribution in [3.8, 4) is 0 Å². The average Bonchev–Trinajstić information content (AvgIpc) is 2.72.